The summed E-state index contributed by atoms with van der Waals surface area (Å²) in [5.74, 6) is 0.882. The van der Waals surface area contributed by atoms with Gasteiger partial charge < -0.3 is 10.1 Å². The van der Waals surface area contributed by atoms with Crippen LogP contribution in [0.2, 0.25) is 5.02 Å². The van der Waals surface area contributed by atoms with Crippen molar-refractivity contribution in [3.05, 3.63) is 41.0 Å². The van der Waals surface area contributed by atoms with Gasteiger partial charge in [-0.1, -0.05) is 11.6 Å². The summed E-state index contributed by atoms with van der Waals surface area (Å²) in [5.41, 5.74) is 1.14. The lowest BCUT2D eigenvalue weighted by atomic mass is 10.1. The van der Waals surface area contributed by atoms with Crippen LogP contribution in [0.5, 0.6) is 0 Å². The Balaban J connectivity index is 1.48. The largest absolute Gasteiger partial charge is 0.379 e. The van der Waals surface area contributed by atoms with Gasteiger partial charge in [-0.15, -0.1) is 0 Å². The number of amides is 1. The first kappa shape index (κ1) is 18.0. The number of morpholine rings is 1. The van der Waals surface area contributed by atoms with Gasteiger partial charge in [-0.3, -0.25) is 9.69 Å². The van der Waals surface area contributed by atoms with Gasteiger partial charge in [0.15, 0.2) is 5.82 Å². The van der Waals surface area contributed by atoms with Crippen LogP contribution in [0.3, 0.4) is 0 Å². The number of hydrogen-bond acceptors (Lipinski definition) is 5. The van der Waals surface area contributed by atoms with Crippen LogP contribution in [0.4, 0.5) is 5.82 Å². The number of carbonyl (C=O) groups is 1. The quantitative estimate of drug-likeness (QED) is 0.854. The van der Waals surface area contributed by atoms with Gasteiger partial charge in [0.1, 0.15) is 0 Å². The number of ether oxygens (including phenoxy) is 1. The first-order valence-corrected chi connectivity index (χ1v) is 9.42. The molecule has 4 rings (SSSR count). The van der Waals surface area contributed by atoms with E-state index in [1.54, 1.807) is 35.1 Å². The molecule has 2 aromatic rings. The third-order valence-electron chi connectivity index (χ3n) is 4.94. The molecule has 1 N–H and O–H groups in total. The SMILES string of the molecule is N#Cc1ccc(-n2ccc(NC(=O)C(C3CC3)N3CCOCC3)n2)c(Cl)c1. The summed E-state index contributed by atoms with van der Waals surface area (Å²) in [6.45, 7) is 2.90. The molecule has 1 unspecified atom stereocenters. The lowest BCUT2D eigenvalue weighted by Crippen LogP contribution is -2.50. The molecule has 1 saturated carbocycles. The molecular weight excluding hydrogens is 366 g/mol. The molecule has 1 aliphatic carbocycles. The standard InChI is InChI=1S/C19H20ClN5O2/c20-15-11-13(12-21)1-4-16(15)25-6-5-17(23-25)22-19(26)18(14-2-3-14)24-7-9-27-10-8-24/h1,4-6,11,14,18H,2-3,7-10H2,(H,22,23,26). The van der Waals surface area contributed by atoms with E-state index in [1.807, 2.05) is 0 Å². The van der Waals surface area contributed by atoms with Crippen LogP contribution < -0.4 is 5.32 Å². The van der Waals surface area contributed by atoms with Crippen molar-refractivity contribution in [1.82, 2.24) is 14.7 Å². The Labute approximate surface area is 162 Å². The van der Waals surface area contributed by atoms with Crippen molar-refractivity contribution in [2.45, 2.75) is 18.9 Å². The lowest BCUT2D eigenvalue weighted by Gasteiger charge is -2.33. The van der Waals surface area contributed by atoms with E-state index in [-0.39, 0.29) is 11.9 Å². The van der Waals surface area contributed by atoms with Crippen molar-refractivity contribution < 1.29 is 9.53 Å². The maximum atomic E-state index is 12.9. The number of carbonyl (C=O) groups excluding carboxylic acids is 1. The molecule has 0 bridgehead atoms. The van der Waals surface area contributed by atoms with E-state index >= 15 is 0 Å². The summed E-state index contributed by atoms with van der Waals surface area (Å²) in [6, 6.07) is 8.69. The molecule has 0 spiro atoms. The number of anilines is 1. The van der Waals surface area contributed by atoms with Crippen LogP contribution in [0.15, 0.2) is 30.5 Å². The zero-order valence-electron chi connectivity index (χ0n) is 14.8. The van der Waals surface area contributed by atoms with E-state index in [1.165, 1.54) is 0 Å². The third-order valence-corrected chi connectivity index (χ3v) is 5.24. The topological polar surface area (TPSA) is 83.2 Å². The second kappa shape index (κ2) is 7.69. The second-order valence-electron chi connectivity index (χ2n) is 6.84. The van der Waals surface area contributed by atoms with Crippen molar-refractivity contribution in [2.75, 3.05) is 31.6 Å². The monoisotopic (exact) mass is 385 g/mol. The van der Waals surface area contributed by atoms with Crippen molar-refractivity contribution in [3.8, 4) is 11.8 Å². The number of rotatable bonds is 5. The molecule has 140 valence electrons. The highest BCUT2D eigenvalue weighted by Crippen LogP contribution is 2.36. The molecule has 1 saturated heterocycles. The molecule has 1 aromatic heterocycles. The number of benzene rings is 1. The number of nitriles is 1. The first-order chi connectivity index (χ1) is 13.2. The van der Waals surface area contributed by atoms with Gasteiger partial charge in [-0.25, -0.2) is 4.68 Å². The van der Waals surface area contributed by atoms with Gasteiger partial charge in [0, 0.05) is 25.4 Å². The average molecular weight is 386 g/mol. The normalized spacial score (nSPS) is 18.7. The smallest absolute Gasteiger partial charge is 0.243 e. The van der Waals surface area contributed by atoms with E-state index in [2.05, 4.69) is 21.4 Å². The first-order valence-electron chi connectivity index (χ1n) is 9.04. The highest BCUT2D eigenvalue weighted by atomic mass is 35.5. The summed E-state index contributed by atoms with van der Waals surface area (Å²) in [7, 11) is 0. The zero-order chi connectivity index (χ0) is 18.8. The maximum absolute atomic E-state index is 12.9. The van der Waals surface area contributed by atoms with Crippen LogP contribution in [0, 0.1) is 17.2 Å². The van der Waals surface area contributed by atoms with Crippen LogP contribution >= 0.6 is 11.6 Å². The molecule has 2 aliphatic rings. The second-order valence-corrected chi connectivity index (χ2v) is 7.25. The Morgan fingerprint density at radius 1 is 1.33 bits per heavy atom. The van der Waals surface area contributed by atoms with Crippen LogP contribution in [-0.2, 0) is 9.53 Å². The van der Waals surface area contributed by atoms with Crippen molar-refractivity contribution in [2.24, 2.45) is 5.92 Å². The fourth-order valence-electron chi connectivity index (χ4n) is 3.43. The number of halogens is 1. The lowest BCUT2D eigenvalue weighted by molar-refractivity contribution is -0.124. The molecule has 7 nitrogen and oxygen atoms in total. The Morgan fingerprint density at radius 3 is 2.78 bits per heavy atom. The Morgan fingerprint density at radius 2 is 2.11 bits per heavy atom. The highest BCUT2D eigenvalue weighted by Gasteiger charge is 2.40. The van der Waals surface area contributed by atoms with E-state index in [0.717, 1.165) is 25.9 Å². The minimum absolute atomic E-state index is 0.0180. The van der Waals surface area contributed by atoms with Gasteiger partial charge in [0.05, 0.1) is 41.6 Å². The average Bonchev–Trinajstić information content (AvgIpc) is 3.40. The molecule has 1 amide bonds. The van der Waals surface area contributed by atoms with Crippen LogP contribution in [-0.4, -0.2) is 52.9 Å². The van der Waals surface area contributed by atoms with Gasteiger partial charge in [0.2, 0.25) is 5.91 Å². The summed E-state index contributed by atoms with van der Waals surface area (Å²) in [4.78, 5) is 15.1. The van der Waals surface area contributed by atoms with Gasteiger partial charge in [-0.2, -0.15) is 10.4 Å². The molecule has 2 heterocycles. The number of nitrogens with zero attached hydrogens (tertiary/aromatic N) is 4. The summed E-state index contributed by atoms with van der Waals surface area (Å²) in [6.07, 6.45) is 3.92. The van der Waals surface area contributed by atoms with Gasteiger partial charge in [0.25, 0.3) is 0 Å². The Bertz CT molecular complexity index is 880. The highest BCUT2D eigenvalue weighted by molar-refractivity contribution is 6.32. The van der Waals surface area contributed by atoms with Crippen molar-refractivity contribution in [3.63, 3.8) is 0 Å². The Kier molecular flexibility index (Phi) is 5.12. The van der Waals surface area contributed by atoms with Crippen LogP contribution in [0.1, 0.15) is 18.4 Å². The van der Waals surface area contributed by atoms with E-state index < -0.39 is 0 Å². The molecular formula is C19H20ClN5O2. The van der Waals surface area contributed by atoms with Crippen molar-refractivity contribution >= 4 is 23.3 Å². The molecule has 1 atom stereocenters. The minimum atomic E-state index is -0.127. The molecule has 0 radical (unpaired) electrons. The fraction of sp³-hybridized carbons (Fsp3) is 0.421. The van der Waals surface area contributed by atoms with Crippen LogP contribution in [0.25, 0.3) is 5.69 Å². The predicted molar refractivity (Wildman–Crippen MR) is 101 cm³/mol. The molecule has 27 heavy (non-hydrogen) atoms. The zero-order valence-corrected chi connectivity index (χ0v) is 15.5. The van der Waals surface area contributed by atoms with Crippen molar-refractivity contribution in [1.29, 1.82) is 5.26 Å². The predicted octanol–water partition coefficient (Wildman–Crippen LogP) is 2.45. The number of aromatic nitrogens is 2. The molecule has 1 aliphatic heterocycles. The summed E-state index contributed by atoms with van der Waals surface area (Å²) in [5, 5.41) is 16.7. The minimum Gasteiger partial charge on any atom is -0.379 e. The Hall–Kier alpha value is -2.40. The summed E-state index contributed by atoms with van der Waals surface area (Å²) >= 11 is 6.24. The fourth-order valence-corrected chi connectivity index (χ4v) is 3.70. The van der Waals surface area contributed by atoms with Gasteiger partial charge >= 0.3 is 0 Å². The molecule has 1 aromatic carbocycles. The van der Waals surface area contributed by atoms with E-state index in [9.17, 15) is 4.79 Å². The maximum Gasteiger partial charge on any atom is 0.243 e. The van der Waals surface area contributed by atoms with Gasteiger partial charge in [-0.05, 0) is 37.0 Å². The molecule has 8 heteroatoms. The van der Waals surface area contributed by atoms with E-state index in [0.29, 0.717) is 41.2 Å². The summed E-state index contributed by atoms with van der Waals surface area (Å²) < 4.78 is 7.00. The molecule has 2 fully saturated rings. The number of hydrogen-bond donors (Lipinski definition) is 1. The number of nitrogens with one attached hydrogen (secondary N) is 1. The van der Waals surface area contributed by atoms with E-state index in [4.69, 9.17) is 21.6 Å². The third kappa shape index (κ3) is 3.98.